The minimum Gasteiger partial charge on any atom is -0.493 e. The van der Waals surface area contributed by atoms with E-state index in [1.54, 1.807) is 0 Å². The van der Waals surface area contributed by atoms with Crippen LogP contribution in [0.15, 0.2) is 30.5 Å². The van der Waals surface area contributed by atoms with E-state index in [-0.39, 0.29) is 6.04 Å². The molecule has 1 unspecified atom stereocenters. The van der Waals surface area contributed by atoms with Crippen LogP contribution in [0.5, 0.6) is 5.75 Å². The lowest BCUT2D eigenvalue weighted by Crippen LogP contribution is -2.15. The third-order valence-electron chi connectivity index (χ3n) is 2.94. The van der Waals surface area contributed by atoms with Crippen molar-refractivity contribution in [3.63, 3.8) is 0 Å². The number of para-hydroxylation sites is 1. The predicted octanol–water partition coefficient (Wildman–Crippen LogP) is 2.76. The highest BCUT2D eigenvalue weighted by Gasteiger charge is 2.09. The molecule has 0 fully saturated rings. The van der Waals surface area contributed by atoms with Crippen LogP contribution >= 0.6 is 0 Å². The van der Waals surface area contributed by atoms with E-state index in [4.69, 9.17) is 10.5 Å². The molecule has 0 aliphatic heterocycles. The number of nitrogens with two attached hydrogens (primary N) is 1. The number of nitrogens with zero attached hydrogens (tertiary/aromatic N) is 1. The molecule has 0 bridgehead atoms. The Bertz CT molecular complexity index is 520. The van der Waals surface area contributed by atoms with Crippen molar-refractivity contribution in [3.05, 3.63) is 36.3 Å². The number of aryl methyl sites for hydroxylation is 1. The zero-order chi connectivity index (χ0) is 13.7. The van der Waals surface area contributed by atoms with Crippen molar-refractivity contribution in [3.8, 4) is 17.0 Å². The van der Waals surface area contributed by atoms with Gasteiger partial charge in [0.05, 0.1) is 18.5 Å². The van der Waals surface area contributed by atoms with Crippen molar-refractivity contribution in [1.82, 2.24) is 9.97 Å². The van der Waals surface area contributed by atoms with Crippen molar-refractivity contribution < 1.29 is 4.74 Å². The van der Waals surface area contributed by atoms with E-state index in [9.17, 15) is 0 Å². The molecule has 0 spiro atoms. The third-order valence-corrected chi connectivity index (χ3v) is 2.94. The molecule has 0 radical (unpaired) electrons. The van der Waals surface area contributed by atoms with E-state index in [1.165, 1.54) is 0 Å². The highest BCUT2D eigenvalue weighted by atomic mass is 16.5. The van der Waals surface area contributed by atoms with Gasteiger partial charge in [-0.2, -0.15) is 0 Å². The summed E-state index contributed by atoms with van der Waals surface area (Å²) in [6, 6.07) is 8.18. The van der Waals surface area contributed by atoms with Gasteiger partial charge in [0.25, 0.3) is 0 Å². The first-order valence-corrected chi connectivity index (χ1v) is 6.72. The number of hydrogen-bond donors (Lipinski definition) is 2. The fourth-order valence-electron chi connectivity index (χ4n) is 1.96. The maximum Gasteiger partial charge on any atom is 0.128 e. The summed E-state index contributed by atoms with van der Waals surface area (Å²) in [4.78, 5) is 7.74. The van der Waals surface area contributed by atoms with Gasteiger partial charge >= 0.3 is 0 Å². The summed E-state index contributed by atoms with van der Waals surface area (Å²) in [7, 11) is 0. The predicted molar refractivity (Wildman–Crippen MR) is 77.2 cm³/mol. The Kier molecular flexibility index (Phi) is 4.58. The van der Waals surface area contributed by atoms with Gasteiger partial charge in [0.15, 0.2) is 0 Å². The fourth-order valence-corrected chi connectivity index (χ4v) is 1.96. The van der Waals surface area contributed by atoms with Gasteiger partial charge in [-0.15, -0.1) is 0 Å². The molecule has 4 heteroatoms. The number of benzene rings is 1. The minimum absolute atomic E-state index is 0.198. The fraction of sp³-hybridized carbons (Fsp3) is 0.400. The van der Waals surface area contributed by atoms with Gasteiger partial charge in [-0.25, -0.2) is 4.98 Å². The number of ether oxygens (including phenoxy) is 1. The Morgan fingerprint density at radius 1 is 1.37 bits per heavy atom. The molecule has 19 heavy (non-hydrogen) atoms. The van der Waals surface area contributed by atoms with Crippen LogP contribution in [-0.2, 0) is 6.42 Å². The van der Waals surface area contributed by atoms with Crippen LogP contribution < -0.4 is 10.5 Å². The lowest BCUT2D eigenvalue weighted by atomic mass is 10.1. The summed E-state index contributed by atoms with van der Waals surface area (Å²) in [6.45, 7) is 4.65. The number of hydrogen-bond acceptors (Lipinski definition) is 3. The van der Waals surface area contributed by atoms with Gasteiger partial charge in [0.2, 0.25) is 0 Å². The summed E-state index contributed by atoms with van der Waals surface area (Å²) in [5.41, 5.74) is 7.79. The number of rotatable bonds is 6. The number of aromatic nitrogens is 2. The third kappa shape index (κ3) is 3.58. The summed E-state index contributed by atoms with van der Waals surface area (Å²) in [6.07, 6.45) is 3.66. The molecular weight excluding hydrogens is 238 g/mol. The maximum atomic E-state index is 5.76. The molecule has 0 amide bonds. The van der Waals surface area contributed by atoms with Gasteiger partial charge in [0.1, 0.15) is 11.6 Å². The molecule has 1 aromatic heterocycles. The number of nitrogens with one attached hydrogen (secondary N) is 1. The number of imidazole rings is 1. The first-order chi connectivity index (χ1) is 9.20. The van der Waals surface area contributed by atoms with Crippen LogP contribution in [-0.4, -0.2) is 22.6 Å². The van der Waals surface area contributed by atoms with Crippen molar-refractivity contribution in [1.29, 1.82) is 0 Å². The van der Waals surface area contributed by atoms with Crippen LogP contribution in [0.25, 0.3) is 11.3 Å². The summed E-state index contributed by atoms with van der Waals surface area (Å²) in [5.74, 6) is 1.85. The van der Waals surface area contributed by atoms with Gasteiger partial charge in [0, 0.05) is 18.0 Å². The molecule has 1 atom stereocenters. The lowest BCUT2D eigenvalue weighted by molar-refractivity contribution is 0.341. The lowest BCUT2D eigenvalue weighted by Gasteiger charge is -2.08. The van der Waals surface area contributed by atoms with E-state index in [2.05, 4.69) is 9.97 Å². The van der Waals surface area contributed by atoms with Crippen molar-refractivity contribution >= 4 is 0 Å². The number of H-pyrrole nitrogens is 1. The van der Waals surface area contributed by atoms with Gasteiger partial charge in [-0.1, -0.05) is 12.1 Å². The second-order valence-corrected chi connectivity index (χ2v) is 4.69. The van der Waals surface area contributed by atoms with Crippen molar-refractivity contribution in [2.24, 2.45) is 5.73 Å². The number of aromatic amines is 1. The normalized spacial score (nSPS) is 12.4. The summed E-state index contributed by atoms with van der Waals surface area (Å²) >= 11 is 0. The molecule has 102 valence electrons. The molecule has 0 aliphatic carbocycles. The Morgan fingerprint density at radius 2 is 2.16 bits per heavy atom. The monoisotopic (exact) mass is 259 g/mol. The molecule has 2 rings (SSSR count). The van der Waals surface area contributed by atoms with Crippen LogP contribution in [0.4, 0.5) is 0 Å². The molecule has 4 nitrogen and oxygen atoms in total. The van der Waals surface area contributed by atoms with Gasteiger partial charge in [-0.05, 0) is 32.4 Å². The molecule has 1 aromatic carbocycles. The topological polar surface area (TPSA) is 63.9 Å². The summed E-state index contributed by atoms with van der Waals surface area (Å²) in [5, 5.41) is 0. The van der Waals surface area contributed by atoms with Crippen molar-refractivity contribution in [2.45, 2.75) is 32.7 Å². The molecule has 0 saturated heterocycles. The Labute approximate surface area is 114 Å². The van der Waals surface area contributed by atoms with Gasteiger partial charge < -0.3 is 15.5 Å². The average Bonchev–Trinajstić information content (AvgIpc) is 2.86. The molecular formula is C15H21N3O. The minimum atomic E-state index is 0.198. The maximum absolute atomic E-state index is 5.76. The van der Waals surface area contributed by atoms with Crippen LogP contribution in [0.2, 0.25) is 0 Å². The van der Waals surface area contributed by atoms with Crippen molar-refractivity contribution in [2.75, 3.05) is 6.61 Å². The highest BCUT2D eigenvalue weighted by Crippen LogP contribution is 2.28. The van der Waals surface area contributed by atoms with E-state index < -0.39 is 0 Å². The SMILES string of the molecule is CCOc1ccccc1-c1cnc(CCC(C)N)[nH]1. The molecule has 3 N–H and O–H groups in total. The highest BCUT2D eigenvalue weighted by molar-refractivity contribution is 5.66. The van der Waals surface area contributed by atoms with E-state index >= 15 is 0 Å². The van der Waals surface area contributed by atoms with E-state index in [0.717, 1.165) is 35.7 Å². The van der Waals surface area contributed by atoms with E-state index in [0.29, 0.717) is 6.61 Å². The molecule has 0 saturated carbocycles. The van der Waals surface area contributed by atoms with Crippen LogP contribution in [0.3, 0.4) is 0 Å². The average molecular weight is 259 g/mol. The molecule has 0 aliphatic rings. The molecule has 1 heterocycles. The van der Waals surface area contributed by atoms with Gasteiger partial charge in [-0.3, -0.25) is 0 Å². The van der Waals surface area contributed by atoms with Crippen LogP contribution in [0.1, 0.15) is 26.1 Å². The molecule has 2 aromatic rings. The quantitative estimate of drug-likeness (QED) is 0.838. The van der Waals surface area contributed by atoms with Crippen LogP contribution in [0, 0.1) is 0 Å². The standard InChI is InChI=1S/C15H21N3O/c1-3-19-14-7-5-4-6-12(14)13-10-17-15(18-13)9-8-11(2)16/h4-7,10-11H,3,8-9,16H2,1-2H3,(H,17,18). The Hall–Kier alpha value is -1.81. The first kappa shape index (κ1) is 13.6. The second-order valence-electron chi connectivity index (χ2n) is 4.69. The Balaban J connectivity index is 2.18. The summed E-state index contributed by atoms with van der Waals surface area (Å²) < 4.78 is 5.63. The van der Waals surface area contributed by atoms with E-state index in [1.807, 2.05) is 44.3 Å². The first-order valence-electron chi connectivity index (χ1n) is 6.72. The largest absolute Gasteiger partial charge is 0.493 e. The zero-order valence-corrected chi connectivity index (χ0v) is 11.5. The smallest absolute Gasteiger partial charge is 0.128 e. The zero-order valence-electron chi connectivity index (χ0n) is 11.5. The second kappa shape index (κ2) is 6.38. The Morgan fingerprint density at radius 3 is 2.89 bits per heavy atom.